The summed E-state index contributed by atoms with van der Waals surface area (Å²) in [6.07, 6.45) is 6.52. The molecule has 1 aliphatic heterocycles. The molecule has 2 N–H and O–H groups in total. The van der Waals surface area contributed by atoms with Gasteiger partial charge in [0, 0.05) is 25.6 Å². The van der Waals surface area contributed by atoms with Gasteiger partial charge >= 0.3 is 16.3 Å². The van der Waals surface area contributed by atoms with Gasteiger partial charge in [0.15, 0.2) is 0 Å². The topological polar surface area (TPSA) is 87.7 Å². The zero-order valence-corrected chi connectivity index (χ0v) is 12.7. The van der Waals surface area contributed by atoms with Crippen LogP contribution in [0.2, 0.25) is 0 Å². The Morgan fingerprint density at radius 1 is 1.30 bits per heavy atom. The van der Waals surface area contributed by atoms with Crippen molar-refractivity contribution in [1.82, 2.24) is 14.3 Å². The third-order valence-electron chi connectivity index (χ3n) is 2.03. The first-order valence-electron chi connectivity index (χ1n) is 5.92. The van der Waals surface area contributed by atoms with Crippen LogP contribution in [-0.4, -0.2) is 31.5 Å². The minimum absolute atomic E-state index is 0.768. The van der Waals surface area contributed by atoms with Crippen LogP contribution in [0.3, 0.4) is 0 Å². The van der Waals surface area contributed by atoms with E-state index in [0.29, 0.717) is 0 Å². The Labute approximate surface area is 119 Å². The van der Waals surface area contributed by atoms with Crippen molar-refractivity contribution in [3.63, 3.8) is 0 Å². The highest BCUT2D eigenvalue weighted by Gasteiger charge is 2.24. The zero-order valence-electron chi connectivity index (χ0n) is 11.9. The van der Waals surface area contributed by atoms with Crippen molar-refractivity contribution in [2.75, 3.05) is 7.05 Å². The highest BCUT2D eigenvalue weighted by molar-refractivity contribution is 7.87. The van der Waals surface area contributed by atoms with E-state index in [2.05, 4.69) is 5.32 Å². The summed E-state index contributed by atoms with van der Waals surface area (Å²) in [5.74, 6) is 0. The van der Waals surface area contributed by atoms with E-state index < -0.39 is 21.9 Å². The second kappa shape index (κ2) is 6.00. The van der Waals surface area contributed by atoms with Gasteiger partial charge in [-0.1, -0.05) is 0 Å². The molecule has 0 aliphatic carbocycles. The van der Waals surface area contributed by atoms with Gasteiger partial charge in [-0.2, -0.15) is 8.42 Å². The van der Waals surface area contributed by atoms with E-state index in [0.717, 1.165) is 9.88 Å². The van der Waals surface area contributed by atoms with E-state index in [4.69, 9.17) is 4.74 Å². The lowest BCUT2D eigenvalue weighted by atomic mass is 10.2. The van der Waals surface area contributed by atoms with Gasteiger partial charge in [0.05, 0.1) is 0 Å². The van der Waals surface area contributed by atoms with Crippen LogP contribution in [0.15, 0.2) is 36.3 Å². The zero-order chi connectivity index (χ0) is 15.4. The molecule has 1 aliphatic rings. The number of allylic oxidation sites excluding steroid dienone is 3. The number of amides is 1. The van der Waals surface area contributed by atoms with Gasteiger partial charge in [-0.25, -0.2) is 13.8 Å². The number of hydrogen-bond donors (Lipinski definition) is 2. The molecule has 0 aromatic rings. The number of rotatable bonds is 3. The lowest BCUT2D eigenvalue weighted by Crippen LogP contribution is -2.41. The van der Waals surface area contributed by atoms with Gasteiger partial charge in [-0.3, -0.25) is 0 Å². The highest BCUT2D eigenvalue weighted by atomic mass is 32.2. The molecule has 0 bridgehead atoms. The molecule has 0 atom stereocenters. The van der Waals surface area contributed by atoms with Crippen molar-refractivity contribution in [1.29, 1.82) is 0 Å². The number of nitrogens with zero attached hydrogens (tertiary/aromatic N) is 1. The third kappa shape index (κ3) is 4.96. The summed E-state index contributed by atoms with van der Waals surface area (Å²) in [6.45, 7) is 4.94. The van der Waals surface area contributed by atoms with Crippen LogP contribution in [0.5, 0.6) is 0 Å². The fourth-order valence-electron chi connectivity index (χ4n) is 1.30. The van der Waals surface area contributed by atoms with Crippen LogP contribution in [0, 0.1) is 0 Å². The molecule has 0 spiro atoms. The van der Waals surface area contributed by atoms with Gasteiger partial charge in [0.25, 0.3) is 0 Å². The van der Waals surface area contributed by atoms with Crippen molar-refractivity contribution >= 4 is 16.3 Å². The number of hydrogen-bond acceptors (Lipinski definition) is 5. The highest BCUT2D eigenvalue weighted by Crippen LogP contribution is 2.13. The Kier molecular flexibility index (Phi) is 4.83. The monoisotopic (exact) mass is 301 g/mol. The molecule has 20 heavy (non-hydrogen) atoms. The first-order valence-corrected chi connectivity index (χ1v) is 7.36. The normalized spacial score (nSPS) is 15.0. The number of carbonyl (C=O) groups is 1. The van der Waals surface area contributed by atoms with E-state index in [-0.39, 0.29) is 0 Å². The van der Waals surface area contributed by atoms with Crippen molar-refractivity contribution in [3.05, 3.63) is 36.3 Å². The fourth-order valence-corrected chi connectivity index (χ4v) is 2.10. The SMILES string of the molecule is CNC=C1C=CN(S(=O)(=O)NC(=O)OC(C)(C)C)C=C1. The van der Waals surface area contributed by atoms with Crippen LogP contribution in [-0.2, 0) is 14.9 Å². The number of ether oxygens (including phenoxy) is 1. The van der Waals surface area contributed by atoms with Crippen molar-refractivity contribution in [2.45, 2.75) is 26.4 Å². The Bertz CT molecular complexity index is 540. The summed E-state index contributed by atoms with van der Waals surface area (Å²) in [7, 11) is -2.27. The lowest BCUT2D eigenvalue weighted by Gasteiger charge is -2.22. The van der Waals surface area contributed by atoms with Crippen molar-refractivity contribution in [3.8, 4) is 0 Å². The average Bonchev–Trinajstić information content (AvgIpc) is 2.26. The van der Waals surface area contributed by atoms with Gasteiger partial charge in [0.2, 0.25) is 0 Å². The van der Waals surface area contributed by atoms with Crippen molar-refractivity contribution < 1.29 is 17.9 Å². The Morgan fingerprint density at radius 2 is 1.85 bits per heavy atom. The standard InChI is InChI=1S/C12H19N3O4S/c1-12(2,3)19-11(16)14-20(17,18)15-7-5-10(6-8-15)9-13-4/h5-9,13H,1-4H3,(H,14,16). The van der Waals surface area contributed by atoms with Crippen LogP contribution >= 0.6 is 0 Å². The molecule has 8 heteroatoms. The van der Waals surface area contributed by atoms with Gasteiger partial charge < -0.3 is 10.1 Å². The second-order valence-electron chi connectivity index (χ2n) is 5.00. The molecule has 1 heterocycles. The molecule has 0 aromatic heterocycles. The molecule has 112 valence electrons. The Morgan fingerprint density at radius 3 is 2.30 bits per heavy atom. The molecule has 7 nitrogen and oxygen atoms in total. The molecule has 0 radical (unpaired) electrons. The van der Waals surface area contributed by atoms with E-state index in [1.165, 1.54) is 12.4 Å². The quantitative estimate of drug-likeness (QED) is 0.818. The number of carbonyl (C=O) groups excluding carboxylic acids is 1. The van der Waals surface area contributed by atoms with Crippen LogP contribution < -0.4 is 10.0 Å². The van der Waals surface area contributed by atoms with Crippen molar-refractivity contribution in [2.24, 2.45) is 0 Å². The first kappa shape index (κ1) is 16.1. The first-order chi connectivity index (χ1) is 9.14. The summed E-state index contributed by atoms with van der Waals surface area (Å²) in [5, 5.41) is 2.83. The summed E-state index contributed by atoms with van der Waals surface area (Å²) in [5.41, 5.74) is 0.0341. The minimum atomic E-state index is -4.01. The average molecular weight is 301 g/mol. The summed E-state index contributed by atoms with van der Waals surface area (Å²) >= 11 is 0. The van der Waals surface area contributed by atoms with E-state index in [9.17, 15) is 13.2 Å². The molecular formula is C12H19N3O4S. The third-order valence-corrected chi connectivity index (χ3v) is 3.25. The predicted octanol–water partition coefficient (Wildman–Crippen LogP) is 1.20. The van der Waals surface area contributed by atoms with E-state index in [1.54, 1.807) is 46.2 Å². The number of nitrogens with one attached hydrogen (secondary N) is 2. The van der Waals surface area contributed by atoms with E-state index in [1.807, 2.05) is 4.72 Å². The lowest BCUT2D eigenvalue weighted by molar-refractivity contribution is 0.0568. The summed E-state index contributed by atoms with van der Waals surface area (Å²) in [6, 6.07) is 0. The van der Waals surface area contributed by atoms with Crippen LogP contribution in [0.4, 0.5) is 4.79 Å². The molecule has 1 rings (SSSR count). The largest absolute Gasteiger partial charge is 0.443 e. The smallest absolute Gasteiger partial charge is 0.422 e. The molecule has 0 fully saturated rings. The maximum absolute atomic E-state index is 11.9. The van der Waals surface area contributed by atoms with Gasteiger partial charge in [-0.15, -0.1) is 0 Å². The maximum atomic E-state index is 11.9. The molecule has 0 aromatic carbocycles. The Balaban J connectivity index is 2.73. The molecule has 0 saturated heterocycles. The maximum Gasteiger partial charge on any atom is 0.422 e. The van der Waals surface area contributed by atoms with Gasteiger partial charge in [-0.05, 0) is 38.5 Å². The molecule has 0 unspecified atom stereocenters. The van der Waals surface area contributed by atoms with Gasteiger partial charge in [0.1, 0.15) is 5.60 Å². The minimum Gasteiger partial charge on any atom is -0.443 e. The summed E-state index contributed by atoms with van der Waals surface area (Å²) in [4.78, 5) is 11.5. The van der Waals surface area contributed by atoms with Crippen LogP contribution in [0.1, 0.15) is 20.8 Å². The Hall–Kier alpha value is -1.96. The predicted molar refractivity (Wildman–Crippen MR) is 75.6 cm³/mol. The second-order valence-corrected chi connectivity index (χ2v) is 6.58. The van der Waals surface area contributed by atoms with E-state index >= 15 is 0 Å². The van der Waals surface area contributed by atoms with Crippen LogP contribution in [0.25, 0.3) is 0 Å². The molecule has 0 saturated carbocycles. The summed E-state index contributed by atoms with van der Waals surface area (Å²) < 4.78 is 31.5. The fraction of sp³-hybridized carbons (Fsp3) is 0.417. The molecular weight excluding hydrogens is 282 g/mol. The molecule has 1 amide bonds.